The molecule has 0 radical (unpaired) electrons. The largest absolute Gasteiger partial charge is 0.311 e. The molecular weight excluding hydrogens is 330 g/mol. The molecule has 94 valence electrons. The summed E-state index contributed by atoms with van der Waals surface area (Å²) in [5.74, 6) is 0. The summed E-state index contributed by atoms with van der Waals surface area (Å²) < 4.78 is 2.03. The number of thiophene rings is 1. The first-order valence-electron chi connectivity index (χ1n) is 5.86. The van der Waals surface area contributed by atoms with E-state index in [1.165, 1.54) is 16.0 Å². The molecule has 3 rings (SSSR count). The smallest absolute Gasteiger partial charge is 0.0934 e. The summed E-state index contributed by atoms with van der Waals surface area (Å²) in [5, 5.41) is 3.50. The summed E-state index contributed by atoms with van der Waals surface area (Å²) >= 11 is 11.5. The van der Waals surface area contributed by atoms with Gasteiger partial charge in [-0.1, -0.05) is 52.7 Å². The van der Waals surface area contributed by atoms with Crippen LogP contribution < -0.4 is 5.32 Å². The van der Waals surface area contributed by atoms with Gasteiger partial charge in [0.2, 0.25) is 0 Å². The highest BCUT2D eigenvalue weighted by atomic mass is 79.9. The van der Waals surface area contributed by atoms with Gasteiger partial charge in [0.15, 0.2) is 0 Å². The molecule has 0 unspecified atom stereocenters. The Morgan fingerprint density at radius 3 is 2.89 bits per heavy atom. The monoisotopic (exact) mass is 341 g/mol. The van der Waals surface area contributed by atoms with Gasteiger partial charge in [0.05, 0.1) is 4.34 Å². The van der Waals surface area contributed by atoms with E-state index < -0.39 is 0 Å². The number of fused-ring (bicyclic) bond motifs is 1. The summed E-state index contributed by atoms with van der Waals surface area (Å²) in [6, 6.07) is 10.6. The molecule has 0 spiro atoms. The maximum absolute atomic E-state index is 6.18. The van der Waals surface area contributed by atoms with Crippen molar-refractivity contribution in [3.05, 3.63) is 55.1 Å². The van der Waals surface area contributed by atoms with Crippen LogP contribution in [0.4, 0.5) is 0 Å². The Kier molecular flexibility index (Phi) is 3.27. The molecule has 2 heterocycles. The van der Waals surface area contributed by atoms with Gasteiger partial charge < -0.3 is 5.32 Å². The Balaban J connectivity index is 2.19. The predicted molar refractivity (Wildman–Crippen MR) is 81.6 cm³/mol. The van der Waals surface area contributed by atoms with E-state index in [9.17, 15) is 0 Å². The second-order valence-corrected chi connectivity index (χ2v) is 7.43. The molecule has 1 aromatic heterocycles. The van der Waals surface area contributed by atoms with Gasteiger partial charge in [0.25, 0.3) is 0 Å². The molecule has 0 bridgehead atoms. The van der Waals surface area contributed by atoms with Crippen molar-refractivity contribution in [2.75, 3.05) is 6.54 Å². The number of halogens is 2. The van der Waals surface area contributed by atoms with Gasteiger partial charge in [-0.2, -0.15) is 0 Å². The van der Waals surface area contributed by atoms with Gasteiger partial charge in [-0.3, -0.25) is 0 Å². The molecule has 2 aromatic rings. The van der Waals surface area contributed by atoms with Gasteiger partial charge in [-0.15, -0.1) is 11.3 Å². The van der Waals surface area contributed by atoms with Crippen molar-refractivity contribution in [3.8, 4) is 0 Å². The van der Waals surface area contributed by atoms with Crippen LogP contribution in [-0.2, 0) is 12.0 Å². The van der Waals surface area contributed by atoms with E-state index in [2.05, 4.69) is 58.5 Å². The molecule has 1 atom stereocenters. The first-order valence-corrected chi connectivity index (χ1v) is 7.84. The molecule has 0 fully saturated rings. The lowest BCUT2D eigenvalue weighted by molar-refractivity contribution is 0.469. The van der Waals surface area contributed by atoms with Gasteiger partial charge in [-0.05, 0) is 23.3 Å². The second kappa shape index (κ2) is 4.64. The van der Waals surface area contributed by atoms with E-state index in [0.29, 0.717) is 0 Å². The predicted octanol–water partition coefficient (Wildman–Crippen LogP) is 4.57. The molecular formula is C14H13BrClNS. The van der Waals surface area contributed by atoms with E-state index >= 15 is 0 Å². The Labute approximate surface area is 124 Å². The molecule has 1 nitrogen and oxygen atoms in total. The Hall–Kier alpha value is -0.350. The average Bonchev–Trinajstić information content (AvgIpc) is 2.72. The van der Waals surface area contributed by atoms with Crippen molar-refractivity contribution in [2.24, 2.45) is 0 Å². The SMILES string of the molecule is C[C@@]1(c2ccccc2Br)CNCc2sc(Cl)cc21. The van der Waals surface area contributed by atoms with Crippen molar-refractivity contribution in [3.63, 3.8) is 0 Å². The highest BCUT2D eigenvalue weighted by Gasteiger charge is 2.36. The molecule has 1 aliphatic rings. The fourth-order valence-electron chi connectivity index (χ4n) is 2.66. The van der Waals surface area contributed by atoms with Crippen LogP contribution in [0, 0.1) is 0 Å². The lowest BCUT2D eigenvalue weighted by Crippen LogP contribution is -2.41. The number of benzene rings is 1. The minimum Gasteiger partial charge on any atom is -0.311 e. The van der Waals surface area contributed by atoms with Crippen molar-refractivity contribution in [1.82, 2.24) is 5.32 Å². The van der Waals surface area contributed by atoms with E-state index in [1.54, 1.807) is 11.3 Å². The molecule has 0 saturated carbocycles. The quantitative estimate of drug-likeness (QED) is 0.800. The Morgan fingerprint density at radius 2 is 2.11 bits per heavy atom. The molecule has 0 amide bonds. The highest BCUT2D eigenvalue weighted by Crippen LogP contribution is 2.43. The Bertz CT molecular complexity index is 595. The van der Waals surface area contributed by atoms with Crippen LogP contribution in [0.3, 0.4) is 0 Å². The zero-order valence-corrected chi connectivity index (χ0v) is 13.1. The van der Waals surface area contributed by atoms with Crippen molar-refractivity contribution in [1.29, 1.82) is 0 Å². The number of rotatable bonds is 1. The van der Waals surface area contributed by atoms with Crippen LogP contribution >= 0.6 is 38.9 Å². The highest BCUT2D eigenvalue weighted by molar-refractivity contribution is 9.10. The molecule has 0 saturated heterocycles. The summed E-state index contributed by atoms with van der Waals surface area (Å²) in [4.78, 5) is 1.35. The van der Waals surface area contributed by atoms with Crippen LogP contribution in [0.1, 0.15) is 22.9 Å². The fraction of sp³-hybridized carbons (Fsp3) is 0.286. The van der Waals surface area contributed by atoms with Crippen LogP contribution in [0.25, 0.3) is 0 Å². The third kappa shape index (κ3) is 1.94. The van der Waals surface area contributed by atoms with Crippen LogP contribution in [0.2, 0.25) is 4.34 Å². The number of nitrogens with one attached hydrogen (secondary N) is 1. The summed E-state index contributed by atoms with van der Waals surface area (Å²) in [6.45, 7) is 4.14. The maximum atomic E-state index is 6.18. The van der Waals surface area contributed by atoms with E-state index in [0.717, 1.165) is 21.9 Å². The molecule has 1 N–H and O–H groups in total. The standard InChI is InChI=1S/C14H13BrClNS/c1-14(9-4-2-3-5-11(9)15)8-17-7-12-10(14)6-13(16)18-12/h2-6,17H,7-8H2,1H3/t14-/m0/s1. The number of hydrogen-bond acceptors (Lipinski definition) is 2. The van der Waals surface area contributed by atoms with Crippen LogP contribution in [0.15, 0.2) is 34.8 Å². The fourth-order valence-corrected chi connectivity index (χ4v) is 4.76. The molecule has 4 heteroatoms. The molecule has 18 heavy (non-hydrogen) atoms. The van der Waals surface area contributed by atoms with E-state index in [-0.39, 0.29) is 5.41 Å². The lowest BCUT2D eigenvalue weighted by Gasteiger charge is -2.35. The summed E-state index contributed by atoms with van der Waals surface area (Å²) in [5.41, 5.74) is 2.66. The lowest BCUT2D eigenvalue weighted by atomic mass is 9.75. The van der Waals surface area contributed by atoms with Crippen molar-refractivity contribution >= 4 is 38.9 Å². The van der Waals surface area contributed by atoms with E-state index in [1.807, 2.05) is 0 Å². The van der Waals surface area contributed by atoms with Gasteiger partial charge in [0, 0.05) is 27.9 Å². The third-order valence-corrected chi connectivity index (χ3v) is 5.56. The topological polar surface area (TPSA) is 12.0 Å². The molecule has 0 aliphatic carbocycles. The van der Waals surface area contributed by atoms with Gasteiger partial charge in [-0.25, -0.2) is 0 Å². The number of hydrogen-bond donors (Lipinski definition) is 1. The minimum atomic E-state index is -0.0166. The normalized spacial score (nSPS) is 22.8. The zero-order valence-electron chi connectivity index (χ0n) is 9.97. The van der Waals surface area contributed by atoms with Gasteiger partial charge >= 0.3 is 0 Å². The van der Waals surface area contributed by atoms with Crippen molar-refractivity contribution < 1.29 is 0 Å². The summed E-state index contributed by atoms with van der Waals surface area (Å²) in [6.07, 6.45) is 0. The van der Waals surface area contributed by atoms with Crippen molar-refractivity contribution in [2.45, 2.75) is 18.9 Å². The van der Waals surface area contributed by atoms with Gasteiger partial charge in [0.1, 0.15) is 0 Å². The van der Waals surface area contributed by atoms with Crippen LogP contribution in [-0.4, -0.2) is 6.54 Å². The first kappa shape index (κ1) is 12.7. The molecule has 1 aliphatic heterocycles. The minimum absolute atomic E-state index is 0.0166. The summed E-state index contributed by atoms with van der Waals surface area (Å²) in [7, 11) is 0. The maximum Gasteiger partial charge on any atom is 0.0934 e. The zero-order chi connectivity index (χ0) is 12.8. The third-order valence-electron chi connectivity index (χ3n) is 3.61. The Morgan fingerprint density at radius 1 is 1.33 bits per heavy atom. The average molecular weight is 343 g/mol. The first-order chi connectivity index (χ1) is 8.61. The second-order valence-electron chi connectivity index (χ2n) is 4.80. The molecule has 1 aromatic carbocycles. The van der Waals surface area contributed by atoms with E-state index in [4.69, 9.17) is 11.6 Å². The van der Waals surface area contributed by atoms with Crippen LogP contribution in [0.5, 0.6) is 0 Å².